The van der Waals surface area contributed by atoms with Gasteiger partial charge in [0.05, 0.1) is 12.7 Å². The number of aromatic nitrogens is 2. The maximum absolute atomic E-state index is 5.56. The molecule has 43 heavy (non-hydrogen) atoms. The van der Waals surface area contributed by atoms with Gasteiger partial charge < -0.3 is 4.74 Å². The molecule has 3 nitrogen and oxygen atoms in total. The molecule has 1 aromatic heterocycles. The third kappa shape index (κ3) is 5.78. The van der Waals surface area contributed by atoms with Crippen LogP contribution in [-0.4, -0.2) is 11.7 Å². The summed E-state index contributed by atoms with van der Waals surface area (Å²) in [6.45, 7) is 18.4. The van der Waals surface area contributed by atoms with Gasteiger partial charge in [-0.15, -0.1) is 0 Å². The number of hydrogen-bond acceptors (Lipinski definition) is 1. The molecule has 0 atom stereocenters. The van der Waals surface area contributed by atoms with Crippen molar-refractivity contribution in [3.05, 3.63) is 119 Å². The van der Waals surface area contributed by atoms with E-state index in [1.807, 2.05) is 0 Å². The topological polar surface area (TPSA) is 18.0 Å². The molecule has 5 rings (SSSR count). The highest BCUT2D eigenvalue weighted by molar-refractivity contribution is 5.71. The number of methoxy groups -OCH3 is 1. The fourth-order valence-corrected chi connectivity index (χ4v) is 6.24. The average molecular weight is 572 g/mol. The van der Waals surface area contributed by atoms with E-state index in [4.69, 9.17) is 4.74 Å². The van der Waals surface area contributed by atoms with Crippen LogP contribution in [0.25, 0.3) is 34.0 Å². The zero-order valence-corrected chi connectivity index (χ0v) is 27.3. The van der Waals surface area contributed by atoms with Crippen molar-refractivity contribution >= 4 is 0 Å². The highest BCUT2D eigenvalue weighted by Crippen LogP contribution is 2.39. The second-order valence-corrected chi connectivity index (χ2v) is 12.8. The number of imidazole rings is 1. The first-order chi connectivity index (χ1) is 20.6. The quantitative estimate of drug-likeness (QED) is 0.161. The molecule has 0 saturated heterocycles. The Kier molecular flexibility index (Phi) is 8.92. The molecule has 0 unspecified atom stereocenters. The highest BCUT2D eigenvalue weighted by atomic mass is 16.5. The van der Waals surface area contributed by atoms with Crippen LogP contribution in [0.2, 0.25) is 0 Å². The van der Waals surface area contributed by atoms with Crippen molar-refractivity contribution < 1.29 is 9.30 Å². The van der Waals surface area contributed by atoms with Gasteiger partial charge in [0.25, 0.3) is 5.82 Å². The lowest BCUT2D eigenvalue weighted by Gasteiger charge is -2.20. The predicted octanol–water partition coefficient (Wildman–Crippen LogP) is 10.6. The summed E-state index contributed by atoms with van der Waals surface area (Å²) in [5, 5.41) is 0. The molecular weight excluding hydrogens is 524 g/mol. The van der Waals surface area contributed by atoms with Crippen molar-refractivity contribution in [3.63, 3.8) is 0 Å². The molecular formula is C40H47N2O+. The molecule has 0 aliphatic heterocycles. The third-order valence-corrected chi connectivity index (χ3v) is 8.50. The fourth-order valence-electron chi connectivity index (χ4n) is 6.24. The summed E-state index contributed by atoms with van der Waals surface area (Å²) in [5.74, 6) is 3.46. The molecule has 5 aromatic rings. The van der Waals surface area contributed by atoms with Gasteiger partial charge in [0, 0.05) is 27.8 Å². The van der Waals surface area contributed by atoms with Crippen LogP contribution in [0.1, 0.15) is 101 Å². The number of benzene rings is 4. The van der Waals surface area contributed by atoms with Crippen LogP contribution < -0.4 is 9.30 Å². The molecule has 1 heterocycles. The molecule has 0 bridgehead atoms. The van der Waals surface area contributed by atoms with Gasteiger partial charge in [-0.3, -0.25) is 0 Å². The largest absolute Gasteiger partial charge is 0.497 e. The smallest absolute Gasteiger partial charge is 0.299 e. The van der Waals surface area contributed by atoms with E-state index in [1.165, 1.54) is 39.2 Å². The van der Waals surface area contributed by atoms with Crippen molar-refractivity contribution in [1.29, 1.82) is 0 Å². The Hall–Kier alpha value is -4.11. The second-order valence-electron chi connectivity index (χ2n) is 12.8. The van der Waals surface area contributed by atoms with Gasteiger partial charge in [-0.2, -0.15) is 9.13 Å². The molecule has 0 amide bonds. The van der Waals surface area contributed by atoms with Crippen LogP contribution in [0, 0.1) is 0 Å². The Labute approximate surface area is 258 Å². The van der Waals surface area contributed by atoms with Crippen LogP contribution in [0.3, 0.4) is 0 Å². The third-order valence-electron chi connectivity index (χ3n) is 8.50. The van der Waals surface area contributed by atoms with Gasteiger partial charge in [0.2, 0.25) is 0 Å². The Bertz CT molecular complexity index is 1640. The molecule has 0 radical (unpaired) electrons. The summed E-state index contributed by atoms with van der Waals surface area (Å²) >= 11 is 0. The zero-order valence-electron chi connectivity index (χ0n) is 27.3. The molecule has 0 aliphatic rings. The van der Waals surface area contributed by atoms with Crippen LogP contribution >= 0.6 is 0 Å². The Morgan fingerprint density at radius 1 is 0.535 bits per heavy atom. The molecule has 0 spiro atoms. The summed E-state index contributed by atoms with van der Waals surface area (Å²) in [7, 11) is 1.73. The minimum absolute atomic E-state index is 0.353. The SMILES string of the molecule is COc1ccc(-c2c[n+](-c3c(C(C)C)cccc3C(C)C)c(-c3ccccc3)n2-c2c(C(C)C)cccc2C(C)C)cc1. The standard InChI is InChI=1S/C40H47N2O/c1-26(2)33-17-13-18-34(27(3)4)38(33)41-25-37(30-21-23-32(43-9)24-22-30)42(40(41)31-15-11-10-12-16-31)39-35(28(5)6)19-14-20-36(39)29(7)8/h10-29H,1-9H3/q+1. The van der Waals surface area contributed by atoms with Crippen LogP contribution in [0.4, 0.5) is 0 Å². The van der Waals surface area contributed by atoms with Gasteiger partial charge in [0.1, 0.15) is 23.3 Å². The summed E-state index contributed by atoms with van der Waals surface area (Å²) in [6, 6.07) is 33.1. The summed E-state index contributed by atoms with van der Waals surface area (Å²) in [6.07, 6.45) is 2.37. The predicted molar refractivity (Wildman–Crippen MR) is 181 cm³/mol. The molecule has 0 fully saturated rings. The number of para-hydroxylation sites is 2. The van der Waals surface area contributed by atoms with E-state index in [9.17, 15) is 0 Å². The average Bonchev–Trinajstić information content (AvgIpc) is 3.40. The number of nitrogens with zero attached hydrogens (tertiary/aromatic N) is 2. The van der Waals surface area contributed by atoms with Crippen LogP contribution in [0.5, 0.6) is 5.75 Å². The number of hydrogen-bond donors (Lipinski definition) is 0. The van der Waals surface area contributed by atoms with Crippen molar-refractivity contribution in [2.24, 2.45) is 0 Å². The van der Waals surface area contributed by atoms with Crippen LogP contribution in [-0.2, 0) is 0 Å². The van der Waals surface area contributed by atoms with E-state index in [0.29, 0.717) is 23.7 Å². The Morgan fingerprint density at radius 3 is 1.49 bits per heavy atom. The van der Waals surface area contributed by atoms with E-state index >= 15 is 0 Å². The van der Waals surface area contributed by atoms with Crippen molar-refractivity contribution in [1.82, 2.24) is 4.57 Å². The normalized spacial score (nSPS) is 11.7. The Balaban J connectivity index is 2.04. The van der Waals surface area contributed by atoms with Crippen molar-refractivity contribution in [3.8, 4) is 39.8 Å². The highest BCUT2D eigenvalue weighted by Gasteiger charge is 2.34. The summed E-state index contributed by atoms with van der Waals surface area (Å²) in [4.78, 5) is 0. The van der Waals surface area contributed by atoms with Gasteiger partial charge in [-0.1, -0.05) is 110 Å². The van der Waals surface area contributed by atoms with Gasteiger partial charge in [-0.05, 0) is 60.1 Å². The fraction of sp³-hybridized carbons (Fsp3) is 0.325. The number of rotatable bonds is 9. The number of ether oxygens (including phenoxy) is 1. The lowest BCUT2D eigenvalue weighted by molar-refractivity contribution is -0.583. The molecule has 222 valence electrons. The minimum Gasteiger partial charge on any atom is -0.497 e. The van der Waals surface area contributed by atoms with Gasteiger partial charge in [0.15, 0.2) is 5.69 Å². The van der Waals surface area contributed by atoms with E-state index in [-0.39, 0.29) is 0 Å². The maximum atomic E-state index is 5.56. The Morgan fingerprint density at radius 2 is 1.02 bits per heavy atom. The molecule has 0 aliphatic carbocycles. The van der Waals surface area contributed by atoms with E-state index in [0.717, 1.165) is 22.8 Å². The van der Waals surface area contributed by atoms with Gasteiger partial charge >= 0.3 is 0 Å². The first-order valence-corrected chi connectivity index (χ1v) is 15.8. The van der Waals surface area contributed by atoms with E-state index in [2.05, 4.69) is 162 Å². The first kappa shape index (κ1) is 30.4. The molecule has 0 N–H and O–H groups in total. The summed E-state index contributed by atoms with van der Waals surface area (Å²) < 4.78 is 10.6. The molecule has 4 aromatic carbocycles. The molecule has 0 saturated carbocycles. The lowest BCUT2D eigenvalue weighted by atomic mass is 9.91. The van der Waals surface area contributed by atoms with Crippen molar-refractivity contribution in [2.45, 2.75) is 79.1 Å². The second kappa shape index (κ2) is 12.6. The van der Waals surface area contributed by atoms with Gasteiger partial charge in [-0.25, -0.2) is 0 Å². The van der Waals surface area contributed by atoms with E-state index < -0.39 is 0 Å². The monoisotopic (exact) mass is 571 g/mol. The first-order valence-electron chi connectivity index (χ1n) is 15.8. The molecule has 3 heteroatoms. The lowest BCUT2D eigenvalue weighted by Crippen LogP contribution is -2.35. The zero-order chi connectivity index (χ0) is 30.8. The van der Waals surface area contributed by atoms with E-state index in [1.54, 1.807) is 7.11 Å². The summed E-state index contributed by atoms with van der Waals surface area (Å²) in [5.41, 5.74) is 11.5. The van der Waals surface area contributed by atoms with Crippen molar-refractivity contribution in [2.75, 3.05) is 7.11 Å². The van der Waals surface area contributed by atoms with Crippen LogP contribution in [0.15, 0.2) is 97.2 Å². The minimum atomic E-state index is 0.353. The maximum Gasteiger partial charge on any atom is 0.299 e.